The number of rotatable bonds is 9. The van der Waals surface area contributed by atoms with Crippen LogP contribution in [0.3, 0.4) is 0 Å². The zero-order chi connectivity index (χ0) is 21.5. The average Bonchev–Trinajstić information content (AvgIpc) is 3.29. The highest BCUT2D eigenvalue weighted by Gasteiger charge is 2.19. The Hall–Kier alpha value is -3.34. The number of nitrogens with zero attached hydrogens (tertiary/aromatic N) is 2. The van der Waals surface area contributed by atoms with Crippen molar-refractivity contribution >= 4 is 5.91 Å². The Balaban J connectivity index is 1.51. The third-order valence-corrected chi connectivity index (χ3v) is 5.48. The van der Waals surface area contributed by atoms with Crippen LogP contribution in [0.25, 0.3) is 0 Å². The van der Waals surface area contributed by atoms with E-state index in [0.717, 1.165) is 42.0 Å². The molecule has 31 heavy (non-hydrogen) atoms. The van der Waals surface area contributed by atoms with Crippen molar-refractivity contribution in [2.45, 2.75) is 39.2 Å². The molecule has 0 unspecified atom stereocenters. The van der Waals surface area contributed by atoms with Crippen molar-refractivity contribution in [2.75, 3.05) is 13.3 Å². The summed E-state index contributed by atoms with van der Waals surface area (Å²) in [6, 6.07) is 19.7. The molecule has 0 bridgehead atoms. The van der Waals surface area contributed by atoms with Gasteiger partial charge in [0.1, 0.15) is 0 Å². The number of pyridine rings is 1. The zero-order valence-corrected chi connectivity index (χ0v) is 17.9. The smallest absolute Gasteiger partial charge is 0.254 e. The van der Waals surface area contributed by atoms with Gasteiger partial charge in [0.25, 0.3) is 5.91 Å². The lowest BCUT2D eigenvalue weighted by molar-refractivity contribution is 0.0744. The molecule has 2 aromatic carbocycles. The Morgan fingerprint density at radius 3 is 2.55 bits per heavy atom. The summed E-state index contributed by atoms with van der Waals surface area (Å²) in [4.78, 5) is 19.7. The SMILES string of the molecule is CCCCc1ccc(C(=O)N(CCc2ccccn2)Cc2ccc3c(c2)OCO3)cc1. The van der Waals surface area contributed by atoms with Gasteiger partial charge in [-0.25, -0.2) is 0 Å². The second kappa shape index (κ2) is 10.1. The van der Waals surface area contributed by atoms with Gasteiger partial charge in [0.15, 0.2) is 11.5 Å². The number of hydrogen-bond donors (Lipinski definition) is 0. The van der Waals surface area contributed by atoms with E-state index in [1.54, 1.807) is 6.20 Å². The van der Waals surface area contributed by atoms with Crippen LogP contribution in [0.5, 0.6) is 11.5 Å². The maximum Gasteiger partial charge on any atom is 0.254 e. The molecule has 3 aromatic rings. The molecule has 0 N–H and O–H groups in total. The van der Waals surface area contributed by atoms with Crippen molar-refractivity contribution in [1.29, 1.82) is 0 Å². The Kier molecular flexibility index (Phi) is 6.82. The van der Waals surface area contributed by atoms with Gasteiger partial charge in [-0.2, -0.15) is 0 Å². The van der Waals surface area contributed by atoms with E-state index in [1.807, 2.05) is 53.4 Å². The minimum atomic E-state index is 0.0237. The van der Waals surface area contributed by atoms with Crippen LogP contribution >= 0.6 is 0 Å². The van der Waals surface area contributed by atoms with Gasteiger partial charge in [-0.3, -0.25) is 9.78 Å². The van der Waals surface area contributed by atoms with Gasteiger partial charge in [0.05, 0.1) is 0 Å². The molecule has 0 spiro atoms. The molecule has 4 rings (SSSR count). The predicted octanol–water partition coefficient (Wildman–Crippen LogP) is 5.04. The van der Waals surface area contributed by atoms with Gasteiger partial charge >= 0.3 is 0 Å². The minimum Gasteiger partial charge on any atom is -0.454 e. The van der Waals surface area contributed by atoms with E-state index < -0.39 is 0 Å². The van der Waals surface area contributed by atoms with Gasteiger partial charge in [-0.05, 0) is 60.4 Å². The fraction of sp³-hybridized carbons (Fsp3) is 0.308. The van der Waals surface area contributed by atoms with E-state index in [-0.39, 0.29) is 12.7 Å². The van der Waals surface area contributed by atoms with Crippen molar-refractivity contribution < 1.29 is 14.3 Å². The summed E-state index contributed by atoms with van der Waals surface area (Å²) in [5, 5.41) is 0. The van der Waals surface area contributed by atoms with Crippen molar-refractivity contribution in [3.8, 4) is 11.5 Å². The van der Waals surface area contributed by atoms with Gasteiger partial charge in [-0.15, -0.1) is 0 Å². The summed E-state index contributed by atoms with van der Waals surface area (Å²) in [5.74, 6) is 1.50. The van der Waals surface area contributed by atoms with Crippen LogP contribution in [-0.4, -0.2) is 29.1 Å². The topological polar surface area (TPSA) is 51.7 Å². The highest BCUT2D eigenvalue weighted by Crippen LogP contribution is 2.33. The molecule has 0 radical (unpaired) electrons. The molecule has 0 saturated heterocycles. The van der Waals surface area contributed by atoms with Crippen molar-refractivity contribution in [3.05, 3.63) is 89.2 Å². The number of fused-ring (bicyclic) bond motifs is 1. The molecule has 1 aliphatic heterocycles. The normalized spacial score (nSPS) is 12.0. The van der Waals surface area contributed by atoms with Crippen molar-refractivity contribution in [1.82, 2.24) is 9.88 Å². The number of amides is 1. The van der Waals surface area contributed by atoms with E-state index in [2.05, 4.69) is 24.0 Å². The first-order valence-corrected chi connectivity index (χ1v) is 10.9. The van der Waals surface area contributed by atoms with Gasteiger partial charge in [-0.1, -0.05) is 37.6 Å². The number of carbonyl (C=O) groups is 1. The van der Waals surface area contributed by atoms with Gasteiger partial charge in [0, 0.05) is 37.0 Å². The average molecular weight is 417 g/mol. The summed E-state index contributed by atoms with van der Waals surface area (Å²) in [7, 11) is 0. The maximum absolute atomic E-state index is 13.4. The Labute approximate surface area is 183 Å². The predicted molar refractivity (Wildman–Crippen MR) is 120 cm³/mol. The fourth-order valence-electron chi connectivity index (χ4n) is 3.69. The van der Waals surface area contributed by atoms with Crippen LogP contribution < -0.4 is 9.47 Å². The molecular formula is C26H28N2O3. The summed E-state index contributed by atoms with van der Waals surface area (Å²) >= 11 is 0. The molecule has 0 atom stereocenters. The molecule has 0 fully saturated rings. The van der Waals surface area contributed by atoms with Gasteiger partial charge in [0.2, 0.25) is 6.79 Å². The number of benzene rings is 2. The van der Waals surface area contributed by atoms with E-state index >= 15 is 0 Å². The Morgan fingerprint density at radius 2 is 1.77 bits per heavy atom. The molecule has 0 saturated carbocycles. The molecule has 0 aliphatic carbocycles. The molecule has 5 nitrogen and oxygen atoms in total. The quantitative estimate of drug-likeness (QED) is 0.490. The first-order chi connectivity index (χ1) is 15.2. The molecule has 2 heterocycles. The summed E-state index contributed by atoms with van der Waals surface area (Å²) < 4.78 is 10.9. The van der Waals surface area contributed by atoms with Crippen LogP contribution in [0.1, 0.15) is 46.9 Å². The highest BCUT2D eigenvalue weighted by atomic mass is 16.7. The lowest BCUT2D eigenvalue weighted by Gasteiger charge is -2.23. The van der Waals surface area contributed by atoms with Crippen LogP contribution in [0.4, 0.5) is 0 Å². The number of aromatic nitrogens is 1. The molecular weight excluding hydrogens is 388 g/mol. The lowest BCUT2D eigenvalue weighted by atomic mass is 10.1. The first-order valence-electron chi connectivity index (χ1n) is 10.9. The number of aryl methyl sites for hydroxylation is 1. The third kappa shape index (κ3) is 5.43. The van der Waals surface area contributed by atoms with Crippen LogP contribution in [0.15, 0.2) is 66.9 Å². The van der Waals surface area contributed by atoms with Crippen LogP contribution in [-0.2, 0) is 19.4 Å². The number of carbonyl (C=O) groups excluding carboxylic acids is 1. The van der Waals surface area contributed by atoms with Crippen LogP contribution in [0.2, 0.25) is 0 Å². The second-order valence-corrected chi connectivity index (χ2v) is 7.79. The Bertz CT molecular complexity index is 1000. The maximum atomic E-state index is 13.4. The summed E-state index contributed by atoms with van der Waals surface area (Å²) in [6.45, 7) is 3.51. The largest absolute Gasteiger partial charge is 0.454 e. The van der Waals surface area contributed by atoms with E-state index in [9.17, 15) is 4.79 Å². The number of ether oxygens (including phenoxy) is 2. The number of hydrogen-bond acceptors (Lipinski definition) is 4. The molecule has 160 valence electrons. The van der Waals surface area contributed by atoms with Crippen molar-refractivity contribution in [2.24, 2.45) is 0 Å². The molecule has 1 aromatic heterocycles. The van der Waals surface area contributed by atoms with E-state index in [1.165, 1.54) is 5.56 Å². The Morgan fingerprint density at radius 1 is 0.968 bits per heavy atom. The van der Waals surface area contributed by atoms with Crippen LogP contribution in [0, 0.1) is 0 Å². The lowest BCUT2D eigenvalue weighted by Crippen LogP contribution is -2.32. The summed E-state index contributed by atoms with van der Waals surface area (Å²) in [6.07, 6.45) is 5.86. The fourth-order valence-corrected chi connectivity index (χ4v) is 3.69. The third-order valence-electron chi connectivity index (χ3n) is 5.48. The molecule has 1 aliphatic rings. The van der Waals surface area contributed by atoms with Gasteiger partial charge < -0.3 is 14.4 Å². The highest BCUT2D eigenvalue weighted by molar-refractivity contribution is 5.94. The molecule has 5 heteroatoms. The first kappa shape index (κ1) is 20.9. The minimum absolute atomic E-state index is 0.0237. The standard InChI is InChI=1S/C26H28N2O3/c1-2-3-6-20-8-11-22(12-9-20)26(29)28(16-14-23-7-4-5-15-27-23)18-21-10-13-24-25(17-21)31-19-30-24/h4-5,7-13,15,17H,2-3,6,14,16,18-19H2,1H3. The zero-order valence-electron chi connectivity index (χ0n) is 17.9. The molecule has 1 amide bonds. The summed E-state index contributed by atoms with van der Waals surface area (Å²) in [5.41, 5.74) is 3.97. The number of unbranched alkanes of at least 4 members (excludes halogenated alkanes) is 1. The monoisotopic (exact) mass is 416 g/mol. The van der Waals surface area contributed by atoms with Crippen molar-refractivity contribution in [3.63, 3.8) is 0 Å². The van der Waals surface area contributed by atoms with E-state index in [0.29, 0.717) is 25.1 Å². The van der Waals surface area contributed by atoms with E-state index in [4.69, 9.17) is 9.47 Å². The second-order valence-electron chi connectivity index (χ2n) is 7.79.